The van der Waals surface area contributed by atoms with Gasteiger partial charge in [0, 0.05) is 23.6 Å². The number of nitrogens with zero attached hydrogens (tertiary/aromatic N) is 3. The molecule has 9 nitrogen and oxygen atoms in total. The lowest BCUT2D eigenvalue weighted by atomic mass is 10.0. The lowest BCUT2D eigenvalue weighted by Gasteiger charge is -2.27. The van der Waals surface area contributed by atoms with E-state index < -0.39 is 18.0 Å². The fraction of sp³-hybridized carbons (Fsp3) is 0.360. The van der Waals surface area contributed by atoms with Gasteiger partial charge in [-0.25, -0.2) is 9.59 Å². The van der Waals surface area contributed by atoms with Crippen LogP contribution in [0, 0.1) is 13.8 Å². The maximum absolute atomic E-state index is 13.0. The molecule has 2 amide bonds. The van der Waals surface area contributed by atoms with E-state index in [0.29, 0.717) is 33.7 Å². The van der Waals surface area contributed by atoms with Gasteiger partial charge >= 0.3 is 12.0 Å². The molecule has 10 heteroatoms. The summed E-state index contributed by atoms with van der Waals surface area (Å²) in [5.74, 6) is 1.73. The average Bonchev–Trinajstić information content (AvgIpc) is 3.44. The number of carbonyl (C=O) groups is 2. The number of hydrogen-bond acceptors (Lipinski definition) is 7. The molecule has 35 heavy (non-hydrogen) atoms. The zero-order valence-corrected chi connectivity index (χ0v) is 21.1. The molecule has 0 saturated carbocycles. The minimum Gasteiger partial charge on any atom is -0.464 e. The van der Waals surface area contributed by atoms with Gasteiger partial charge in [0.25, 0.3) is 0 Å². The molecule has 184 valence electrons. The largest absolute Gasteiger partial charge is 0.464 e. The minimum atomic E-state index is -0.747. The van der Waals surface area contributed by atoms with Gasteiger partial charge in [-0.1, -0.05) is 42.4 Å². The third-order valence-corrected chi connectivity index (χ3v) is 6.47. The van der Waals surface area contributed by atoms with Gasteiger partial charge in [0.15, 0.2) is 11.0 Å². The van der Waals surface area contributed by atoms with Gasteiger partial charge in [0.05, 0.1) is 12.2 Å². The van der Waals surface area contributed by atoms with Gasteiger partial charge in [0.2, 0.25) is 0 Å². The van der Waals surface area contributed by atoms with Crippen molar-refractivity contribution in [2.45, 2.75) is 51.9 Å². The standard InChI is InChI=1S/C25H29N5O4S/c1-5-12-30-22(17-9-7-8-15(3)13-17)28-29-25(30)35-14-18-20(23(31)33-6-2)21(27-24(32)26-18)19-11-10-16(4)34-19/h7-11,13,21H,5-6,12,14H2,1-4H3,(H2,26,27,32). The van der Waals surface area contributed by atoms with Crippen molar-refractivity contribution in [1.82, 2.24) is 25.4 Å². The van der Waals surface area contributed by atoms with Crippen LogP contribution in [0.3, 0.4) is 0 Å². The summed E-state index contributed by atoms with van der Waals surface area (Å²) in [6, 6.07) is 10.5. The first-order chi connectivity index (χ1) is 16.9. The first-order valence-electron chi connectivity index (χ1n) is 11.6. The Hall–Kier alpha value is -3.53. The molecule has 0 spiro atoms. The molecular formula is C25H29N5O4S. The first-order valence-corrected chi connectivity index (χ1v) is 12.6. The van der Waals surface area contributed by atoms with Gasteiger partial charge in [0.1, 0.15) is 17.6 Å². The normalized spacial score (nSPS) is 15.7. The fourth-order valence-electron chi connectivity index (χ4n) is 3.96. The van der Waals surface area contributed by atoms with Gasteiger partial charge in [-0.05, 0) is 45.4 Å². The summed E-state index contributed by atoms with van der Waals surface area (Å²) in [5.41, 5.74) is 2.91. The van der Waals surface area contributed by atoms with Crippen LogP contribution in [0.4, 0.5) is 4.79 Å². The summed E-state index contributed by atoms with van der Waals surface area (Å²) in [6.45, 7) is 8.64. The Morgan fingerprint density at radius 3 is 2.71 bits per heavy atom. The Balaban J connectivity index is 1.68. The van der Waals surface area contributed by atoms with Crippen molar-refractivity contribution in [3.8, 4) is 11.4 Å². The van der Waals surface area contributed by atoms with E-state index >= 15 is 0 Å². The van der Waals surface area contributed by atoms with E-state index in [0.717, 1.165) is 29.9 Å². The van der Waals surface area contributed by atoms with Crippen molar-refractivity contribution in [3.63, 3.8) is 0 Å². The summed E-state index contributed by atoms with van der Waals surface area (Å²) in [7, 11) is 0. The first kappa shape index (κ1) is 24.6. The van der Waals surface area contributed by atoms with Crippen LogP contribution in [-0.2, 0) is 16.1 Å². The number of aryl methyl sites for hydroxylation is 2. The molecule has 0 aliphatic carbocycles. The van der Waals surface area contributed by atoms with Crippen molar-refractivity contribution in [2.24, 2.45) is 0 Å². The Morgan fingerprint density at radius 2 is 2.03 bits per heavy atom. The van der Waals surface area contributed by atoms with Crippen LogP contribution in [-0.4, -0.2) is 39.1 Å². The molecule has 1 atom stereocenters. The van der Waals surface area contributed by atoms with E-state index in [2.05, 4.69) is 38.4 Å². The molecule has 2 aromatic heterocycles. The van der Waals surface area contributed by atoms with Crippen LogP contribution in [0.1, 0.15) is 43.4 Å². The molecule has 1 aromatic carbocycles. The van der Waals surface area contributed by atoms with Crippen molar-refractivity contribution in [2.75, 3.05) is 12.4 Å². The van der Waals surface area contributed by atoms with Crippen molar-refractivity contribution in [3.05, 3.63) is 64.8 Å². The van der Waals surface area contributed by atoms with Crippen LogP contribution in [0.2, 0.25) is 0 Å². The maximum atomic E-state index is 13.0. The number of aromatic nitrogens is 3. The lowest BCUT2D eigenvalue weighted by Crippen LogP contribution is -2.46. The highest BCUT2D eigenvalue weighted by atomic mass is 32.2. The van der Waals surface area contributed by atoms with Crippen LogP contribution in [0.15, 0.2) is 57.2 Å². The van der Waals surface area contributed by atoms with E-state index in [9.17, 15) is 9.59 Å². The highest BCUT2D eigenvalue weighted by Crippen LogP contribution is 2.32. The molecule has 0 fully saturated rings. The average molecular weight is 496 g/mol. The summed E-state index contributed by atoms with van der Waals surface area (Å²) >= 11 is 1.41. The van der Waals surface area contributed by atoms with Crippen molar-refractivity contribution >= 4 is 23.8 Å². The zero-order valence-electron chi connectivity index (χ0n) is 20.3. The molecule has 0 radical (unpaired) electrons. The maximum Gasteiger partial charge on any atom is 0.338 e. The Labute approximate surface area is 208 Å². The van der Waals surface area contributed by atoms with Crippen LogP contribution in [0.5, 0.6) is 0 Å². The van der Waals surface area contributed by atoms with E-state index in [1.165, 1.54) is 11.8 Å². The molecule has 1 unspecified atom stereocenters. The number of thioether (sulfide) groups is 1. The SMILES string of the molecule is CCCn1c(SCC2=C(C(=O)OCC)C(c3ccc(C)o3)NC(=O)N2)nnc1-c1cccc(C)c1. The van der Waals surface area contributed by atoms with Crippen molar-refractivity contribution < 1.29 is 18.7 Å². The molecular weight excluding hydrogens is 466 g/mol. The summed E-state index contributed by atoms with van der Waals surface area (Å²) in [4.78, 5) is 25.5. The summed E-state index contributed by atoms with van der Waals surface area (Å²) < 4.78 is 13.1. The quantitative estimate of drug-likeness (QED) is 0.331. The molecule has 1 aliphatic rings. The fourth-order valence-corrected chi connectivity index (χ4v) is 4.89. The Kier molecular flexibility index (Phi) is 7.60. The number of rotatable bonds is 9. The molecule has 0 bridgehead atoms. The molecule has 1 aliphatic heterocycles. The molecule has 4 rings (SSSR count). The molecule has 3 aromatic rings. The van der Waals surface area contributed by atoms with Gasteiger partial charge in [-0.3, -0.25) is 0 Å². The number of benzene rings is 1. The summed E-state index contributed by atoms with van der Waals surface area (Å²) in [5, 5.41) is 15.1. The number of amides is 2. The molecule has 3 heterocycles. The van der Waals surface area contributed by atoms with Crippen LogP contribution in [0.25, 0.3) is 11.4 Å². The second-order valence-corrected chi connectivity index (χ2v) is 9.15. The Bertz CT molecular complexity index is 1260. The monoisotopic (exact) mass is 495 g/mol. The smallest absolute Gasteiger partial charge is 0.338 e. The van der Waals surface area contributed by atoms with Crippen LogP contribution < -0.4 is 10.6 Å². The van der Waals surface area contributed by atoms with Gasteiger partial charge in [-0.15, -0.1) is 10.2 Å². The second-order valence-electron chi connectivity index (χ2n) is 8.21. The van der Waals surface area contributed by atoms with Gasteiger partial charge < -0.3 is 24.4 Å². The lowest BCUT2D eigenvalue weighted by molar-refractivity contribution is -0.139. The van der Waals surface area contributed by atoms with E-state index in [1.807, 2.05) is 32.0 Å². The topological polar surface area (TPSA) is 111 Å². The number of urea groups is 1. The van der Waals surface area contributed by atoms with Crippen molar-refractivity contribution in [1.29, 1.82) is 0 Å². The highest BCUT2D eigenvalue weighted by molar-refractivity contribution is 7.99. The number of furan rings is 1. The number of nitrogens with one attached hydrogen (secondary N) is 2. The molecule has 2 N–H and O–H groups in total. The number of hydrogen-bond donors (Lipinski definition) is 2. The third-order valence-electron chi connectivity index (χ3n) is 5.48. The minimum absolute atomic E-state index is 0.214. The Morgan fingerprint density at radius 1 is 1.20 bits per heavy atom. The number of ether oxygens (including phenoxy) is 1. The molecule has 0 saturated heterocycles. The number of esters is 1. The predicted molar refractivity (Wildman–Crippen MR) is 133 cm³/mol. The van der Waals surface area contributed by atoms with E-state index in [1.54, 1.807) is 19.1 Å². The van der Waals surface area contributed by atoms with E-state index in [-0.39, 0.29) is 6.61 Å². The zero-order chi connectivity index (χ0) is 24.9. The van der Waals surface area contributed by atoms with E-state index in [4.69, 9.17) is 9.15 Å². The highest BCUT2D eigenvalue weighted by Gasteiger charge is 2.35. The predicted octanol–water partition coefficient (Wildman–Crippen LogP) is 4.53. The van der Waals surface area contributed by atoms with Crippen LogP contribution >= 0.6 is 11.8 Å². The second kappa shape index (κ2) is 10.8. The summed E-state index contributed by atoms with van der Waals surface area (Å²) in [6.07, 6.45) is 0.905. The van der Waals surface area contributed by atoms with Gasteiger partial charge in [-0.2, -0.15) is 0 Å². The third kappa shape index (κ3) is 5.43. The number of carbonyl (C=O) groups excluding carboxylic acids is 2.